The maximum absolute atomic E-state index is 5.50. The number of aryl methyl sites for hydroxylation is 1. The number of rotatable bonds is 3. The molecule has 3 heterocycles. The molecule has 0 spiro atoms. The lowest BCUT2D eigenvalue weighted by Gasteiger charge is -2.13. The summed E-state index contributed by atoms with van der Waals surface area (Å²) in [6.45, 7) is 5.03. The lowest BCUT2D eigenvalue weighted by atomic mass is 10.1. The van der Waals surface area contributed by atoms with Crippen molar-refractivity contribution in [1.82, 2.24) is 15.1 Å². The highest BCUT2D eigenvalue weighted by Crippen LogP contribution is 2.27. The Balaban J connectivity index is 1.62. The number of thiophene rings is 1. The topological polar surface area (TPSA) is 42.2 Å². The van der Waals surface area contributed by atoms with Crippen LogP contribution in [0.3, 0.4) is 0 Å². The molecule has 4 nitrogen and oxygen atoms in total. The summed E-state index contributed by atoms with van der Waals surface area (Å²) < 4.78 is 5.50. The third-order valence-electron chi connectivity index (χ3n) is 3.12. The molecule has 1 aliphatic heterocycles. The molecule has 0 amide bonds. The quantitative estimate of drug-likeness (QED) is 0.838. The SMILES string of the molecule is Cc1nnc([C@H]2CCN(Cc3cccs3)C2)o1. The molecule has 0 unspecified atom stereocenters. The summed E-state index contributed by atoms with van der Waals surface area (Å²) in [7, 11) is 0. The molecule has 2 aromatic rings. The zero-order valence-corrected chi connectivity index (χ0v) is 10.6. The third-order valence-corrected chi connectivity index (χ3v) is 3.98. The van der Waals surface area contributed by atoms with Crippen LogP contribution in [0.4, 0.5) is 0 Å². The van der Waals surface area contributed by atoms with E-state index < -0.39 is 0 Å². The van der Waals surface area contributed by atoms with Gasteiger partial charge in [0, 0.05) is 24.9 Å². The Morgan fingerprint density at radius 3 is 3.18 bits per heavy atom. The van der Waals surface area contributed by atoms with Gasteiger partial charge in [-0.15, -0.1) is 21.5 Å². The van der Waals surface area contributed by atoms with E-state index in [0.717, 1.165) is 31.9 Å². The first kappa shape index (κ1) is 10.9. The van der Waals surface area contributed by atoms with Gasteiger partial charge in [-0.05, 0) is 24.4 Å². The number of nitrogens with zero attached hydrogens (tertiary/aromatic N) is 3. The molecule has 2 aromatic heterocycles. The van der Waals surface area contributed by atoms with Gasteiger partial charge in [-0.3, -0.25) is 4.90 Å². The Bertz CT molecular complexity index is 480. The van der Waals surface area contributed by atoms with Crippen molar-refractivity contribution in [2.45, 2.75) is 25.8 Å². The van der Waals surface area contributed by atoms with Gasteiger partial charge in [0.1, 0.15) is 0 Å². The first-order valence-corrected chi connectivity index (χ1v) is 6.74. The summed E-state index contributed by atoms with van der Waals surface area (Å²) in [5.74, 6) is 1.88. The smallest absolute Gasteiger partial charge is 0.220 e. The molecule has 90 valence electrons. The van der Waals surface area contributed by atoms with Gasteiger partial charge >= 0.3 is 0 Å². The highest BCUT2D eigenvalue weighted by Gasteiger charge is 2.27. The second-order valence-electron chi connectivity index (χ2n) is 4.46. The van der Waals surface area contributed by atoms with Gasteiger partial charge in [-0.25, -0.2) is 0 Å². The summed E-state index contributed by atoms with van der Waals surface area (Å²) in [5, 5.41) is 10.1. The molecule has 3 rings (SSSR count). The standard InChI is InChI=1S/C12H15N3OS/c1-9-13-14-12(16-9)10-4-5-15(7-10)8-11-3-2-6-17-11/h2-3,6,10H,4-5,7-8H2,1H3/t10-/m0/s1. The Labute approximate surface area is 104 Å². The van der Waals surface area contributed by atoms with Crippen LogP contribution in [0, 0.1) is 6.92 Å². The predicted octanol–water partition coefficient (Wildman–Crippen LogP) is 2.43. The number of aromatic nitrogens is 2. The van der Waals surface area contributed by atoms with Crippen LogP contribution in [0.2, 0.25) is 0 Å². The fraction of sp³-hybridized carbons (Fsp3) is 0.500. The van der Waals surface area contributed by atoms with Crippen molar-refractivity contribution in [3.05, 3.63) is 34.2 Å². The summed E-state index contributed by atoms with van der Waals surface area (Å²) in [4.78, 5) is 3.88. The molecule has 1 aliphatic rings. The molecular weight excluding hydrogens is 234 g/mol. The highest BCUT2D eigenvalue weighted by atomic mass is 32.1. The predicted molar refractivity (Wildman–Crippen MR) is 66.0 cm³/mol. The van der Waals surface area contributed by atoms with Crippen molar-refractivity contribution < 1.29 is 4.42 Å². The number of likely N-dealkylation sites (tertiary alicyclic amines) is 1. The fourth-order valence-corrected chi connectivity index (χ4v) is 3.02. The molecule has 17 heavy (non-hydrogen) atoms. The normalized spacial score (nSPS) is 21.1. The second-order valence-corrected chi connectivity index (χ2v) is 5.49. The molecule has 1 fully saturated rings. The van der Waals surface area contributed by atoms with Gasteiger partial charge in [-0.1, -0.05) is 6.07 Å². The second kappa shape index (κ2) is 4.58. The molecule has 0 N–H and O–H groups in total. The molecular formula is C12H15N3OS. The zero-order chi connectivity index (χ0) is 11.7. The first-order chi connectivity index (χ1) is 8.31. The summed E-state index contributed by atoms with van der Waals surface area (Å²) >= 11 is 1.82. The average molecular weight is 249 g/mol. The van der Waals surface area contributed by atoms with Crippen molar-refractivity contribution in [2.24, 2.45) is 0 Å². The van der Waals surface area contributed by atoms with E-state index in [1.54, 1.807) is 0 Å². The Morgan fingerprint density at radius 2 is 2.47 bits per heavy atom. The van der Waals surface area contributed by atoms with E-state index in [9.17, 15) is 0 Å². The van der Waals surface area contributed by atoms with Crippen LogP contribution in [-0.2, 0) is 6.54 Å². The highest BCUT2D eigenvalue weighted by molar-refractivity contribution is 7.09. The molecule has 0 bridgehead atoms. The maximum Gasteiger partial charge on any atom is 0.220 e. The van der Waals surface area contributed by atoms with Gasteiger partial charge in [0.2, 0.25) is 11.8 Å². The lowest BCUT2D eigenvalue weighted by molar-refractivity contribution is 0.321. The van der Waals surface area contributed by atoms with E-state index in [1.165, 1.54) is 4.88 Å². The van der Waals surface area contributed by atoms with E-state index >= 15 is 0 Å². The zero-order valence-electron chi connectivity index (χ0n) is 9.80. The molecule has 0 aromatic carbocycles. The van der Waals surface area contributed by atoms with Crippen LogP contribution < -0.4 is 0 Å². The Morgan fingerprint density at radius 1 is 1.53 bits per heavy atom. The van der Waals surface area contributed by atoms with E-state index in [2.05, 4.69) is 32.6 Å². The molecule has 0 radical (unpaired) electrons. The van der Waals surface area contributed by atoms with Gasteiger partial charge in [-0.2, -0.15) is 0 Å². The summed E-state index contributed by atoms with van der Waals surface area (Å²) in [6.07, 6.45) is 1.12. The van der Waals surface area contributed by atoms with Crippen molar-refractivity contribution in [2.75, 3.05) is 13.1 Å². The van der Waals surface area contributed by atoms with Crippen LogP contribution in [0.25, 0.3) is 0 Å². The van der Waals surface area contributed by atoms with Crippen LogP contribution >= 0.6 is 11.3 Å². The van der Waals surface area contributed by atoms with Gasteiger partial charge in [0.05, 0.1) is 5.92 Å². The number of hydrogen-bond donors (Lipinski definition) is 0. The minimum absolute atomic E-state index is 0.413. The largest absolute Gasteiger partial charge is 0.425 e. The van der Waals surface area contributed by atoms with Crippen LogP contribution in [0.15, 0.2) is 21.9 Å². The van der Waals surface area contributed by atoms with E-state index in [4.69, 9.17) is 4.42 Å². The number of hydrogen-bond acceptors (Lipinski definition) is 5. The van der Waals surface area contributed by atoms with Gasteiger partial charge in [0.15, 0.2) is 0 Å². The molecule has 1 saturated heterocycles. The third kappa shape index (κ3) is 2.40. The Hall–Kier alpha value is -1.20. The van der Waals surface area contributed by atoms with E-state index in [0.29, 0.717) is 11.8 Å². The van der Waals surface area contributed by atoms with Crippen LogP contribution in [0.5, 0.6) is 0 Å². The minimum atomic E-state index is 0.413. The average Bonchev–Trinajstić information content (AvgIpc) is 2.99. The van der Waals surface area contributed by atoms with Crippen LogP contribution in [0.1, 0.15) is 29.0 Å². The maximum atomic E-state index is 5.50. The van der Waals surface area contributed by atoms with Crippen molar-refractivity contribution in [3.8, 4) is 0 Å². The van der Waals surface area contributed by atoms with Crippen LogP contribution in [-0.4, -0.2) is 28.2 Å². The first-order valence-electron chi connectivity index (χ1n) is 5.86. The van der Waals surface area contributed by atoms with E-state index in [1.807, 2.05) is 18.3 Å². The van der Waals surface area contributed by atoms with Gasteiger partial charge in [0.25, 0.3) is 0 Å². The van der Waals surface area contributed by atoms with Crippen molar-refractivity contribution >= 4 is 11.3 Å². The minimum Gasteiger partial charge on any atom is -0.425 e. The molecule has 0 saturated carbocycles. The van der Waals surface area contributed by atoms with E-state index in [-0.39, 0.29) is 0 Å². The lowest BCUT2D eigenvalue weighted by Crippen LogP contribution is -2.19. The monoisotopic (exact) mass is 249 g/mol. The molecule has 5 heteroatoms. The van der Waals surface area contributed by atoms with Crippen molar-refractivity contribution in [1.29, 1.82) is 0 Å². The fourth-order valence-electron chi connectivity index (χ4n) is 2.28. The van der Waals surface area contributed by atoms with Gasteiger partial charge < -0.3 is 4.42 Å². The summed E-state index contributed by atoms with van der Waals surface area (Å²) in [6, 6.07) is 4.30. The summed E-state index contributed by atoms with van der Waals surface area (Å²) in [5.41, 5.74) is 0. The molecule has 1 atom stereocenters. The molecule has 0 aliphatic carbocycles. The Kier molecular flexibility index (Phi) is 2.94. The van der Waals surface area contributed by atoms with Crippen molar-refractivity contribution in [3.63, 3.8) is 0 Å².